The second-order valence-electron chi connectivity index (χ2n) is 5.12. The first-order valence-corrected chi connectivity index (χ1v) is 8.63. The van der Waals surface area contributed by atoms with E-state index in [1.54, 1.807) is 0 Å². The van der Waals surface area contributed by atoms with E-state index in [0.29, 0.717) is 13.2 Å². The molecule has 0 aliphatic rings. The van der Waals surface area contributed by atoms with Crippen molar-refractivity contribution in [3.05, 3.63) is 0 Å². The van der Waals surface area contributed by atoms with Crippen LogP contribution in [0.4, 0.5) is 0 Å². The SMILES string of the molecule is C[N+](C)(C)CCO[PH](=O)OOCCCCCCBr. The van der Waals surface area contributed by atoms with Gasteiger partial charge in [-0.15, -0.1) is 0 Å². The summed E-state index contributed by atoms with van der Waals surface area (Å²) in [5.74, 6) is 0. The van der Waals surface area contributed by atoms with Crippen molar-refractivity contribution < 1.29 is 23.1 Å². The summed E-state index contributed by atoms with van der Waals surface area (Å²) >= 11 is 3.38. The lowest BCUT2D eigenvalue weighted by Gasteiger charge is -2.23. The molecule has 1 unspecified atom stereocenters. The van der Waals surface area contributed by atoms with Gasteiger partial charge < -0.3 is 9.01 Å². The molecule has 0 bridgehead atoms. The minimum Gasteiger partial charge on any atom is -0.329 e. The third-order valence-corrected chi connectivity index (χ3v) is 3.47. The van der Waals surface area contributed by atoms with Gasteiger partial charge in [-0.2, -0.15) is 4.67 Å². The number of rotatable bonds is 12. The lowest BCUT2D eigenvalue weighted by atomic mass is 10.2. The second-order valence-corrected chi connectivity index (χ2v) is 6.87. The van der Waals surface area contributed by atoms with Gasteiger partial charge in [0.05, 0.1) is 27.7 Å². The van der Waals surface area contributed by atoms with Gasteiger partial charge in [-0.3, -0.25) is 4.57 Å². The van der Waals surface area contributed by atoms with Gasteiger partial charge in [-0.05, 0) is 12.8 Å². The highest BCUT2D eigenvalue weighted by Crippen LogP contribution is 2.23. The monoisotopic (exact) mass is 346 g/mol. The van der Waals surface area contributed by atoms with Crippen molar-refractivity contribution in [2.75, 3.05) is 46.2 Å². The summed E-state index contributed by atoms with van der Waals surface area (Å²) in [6.07, 6.45) is 4.36. The first kappa shape index (κ1) is 18.6. The summed E-state index contributed by atoms with van der Waals surface area (Å²) in [5.41, 5.74) is 0. The smallest absolute Gasteiger partial charge is 0.329 e. The molecule has 18 heavy (non-hydrogen) atoms. The molecular weight excluding hydrogens is 321 g/mol. The Morgan fingerprint density at radius 2 is 1.72 bits per heavy atom. The zero-order valence-corrected chi connectivity index (χ0v) is 14.2. The quantitative estimate of drug-likeness (QED) is 0.136. The minimum absolute atomic E-state index is 0.413. The molecule has 0 aromatic heterocycles. The Morgan fingerprint density at radius 3 is 2.33 bits per heavy atom. The number of alkyl halides is 1. The molecule has 7 heteroatoms. The Balaban J connectivity index is 3.27. The molecule has 0 aliphatic heterocycles. The van der Waals surface area contributed by atoms with E-state index in [4.69, 9.17) is 9.41 Å². The number of unbranched alkanes of at least 4 members (excludes halogenated alkanes) is 3. The Hall–Kier alpha value is 0.550. The summed E-state index contributed by atoms with van der Waals surface area (Å²) in [7, 11) is 3.64. The van der Waals surface area contributed by atoms with Gasteiger partial charge in [-0.1, -0.05) is 28.8 Å². The van der Waals surface area contributed by atoms with Crippen molar-refractivity contribution >= 4 is 24.2 Å². The first-order chi connectivity index (χ1) is 8.45. The summed E-state index contributed by atoms with van der Waals surface area (Å²) in [6, 6.07) is 0. The van der Waals surface area contributed by atoms with Gasteiger partial charge in [0, 0.05) is 5.33 Å². The molecule has 1 atom stereocenters. The van der Waals surface area contributed by atoms with Crippen LogP contribution in [0.1, 0.15) is 25.7 Å². The lowest BCUT2D eigenvalue weighted by Crippen LogP contribution is -2.37. The molecule has 0 fully saturated rings. The molecule has 0 N–H and O–H groups in total. The normalized spacial score (nSPS) is 13.8. The summed E-state index contributed by atoms with van der Waals surface area (Å²) < 4.78 is 21.7. The van der Waals surface area contributed by atoms with Crippen LogP contribution in [-0.4, -0.2) is 50.7 Å². The number of hydrogen-bond acceptors (Lipinski definition) is 4. The van der Waals surface area contributed by atoms with Crippen molar-refractivity contribution in [2.24, 2.45) is 0 Å². The van der Waals surface area contributed by atoms with Gasteiger partial charge in [-0.25, -0.2) is 4.89 Å². The molecule has 0 radical (unpaired) electrons. The van der Waals surface area contributed by atoms with Crippen LogP contribution < -0.4 is 0 Å². The maximum atomic E-state index is 11.3. The van der Waals surface area contributed by atoms with Crippen LogP contribution in [-0.2, 0) is 18.7 Å². The number of halogens is 1. The molecule has 0 spiro atoms. The van der Waals surface area contributed by atoms with E-state index in [9.17, 15) is 4.57 Å². The van der Waals surface area contributed by atoms with Gasteiger partial charge in [0.1, 0.15) is 13.2 Å². The summed E-state index contributed by atoms with van der Waals surface area (Å²) in [6.45, 7) is 1.67. The van der Waals surface area contributed by atoms with Gasteiger partial charge in [0.15, 0.2) is 0 Å². The highest BCUT2D eigenvalue weighted by atomic mass is 79.9. The third kappa shape index (κ3) is 14.6. The minimum atomic E-state index is -2.50. The van der Waals surface area contributed by atoms with Crippen LogP contribution >= 0.6 is 24.2 Å². The number of quaternary nitrogens is 1. The van der Waals surface area contributed by atoms with Crippen molar-refractivity contribution in [2.45, 2.75) is 25.7 Å². The highest BCUT2D eigenvalue weighted by molar-refractivity contribution is 9.09. The van der Waals surface area contributed by atoms with Crippen molar-refractivity contribution in [3.8, 4) is 0 Å². The Kier molecular flexibility index (Phi) is 11.7. The fourth-order valence-electron chi connectivity index (χ4n) is 1.13. The first-order valence-electron chi connectivity index (χ1n) is 6.28. The van der Waals surface area contributed by atoms with Crippen LogP contribution in [0.3, 0.4) is 0 Å². The van der Waals surface area contributed by atoms with Crippen LogP contribution in [0.25, 0.3) is 0 Å². The molecule has 5 nitrogen and oxygen atoms in total. The second kappa shape index (κ2) is 11.4. The van der Waals surface area contributed by atoms with Crippen LogP contribution in [0.2, 0.25) is 0 Å². The fraction of sp³-hybridized carbons (Fsp3) is 1.00. The Morgan fingerprint density at radius 1 is 1.06 bits per heavy atom. The Labute approximate surface area is 119 Å². The molecule has 0 rings (SSSR count). The molecule has 0 saturated heterocycles. The van der Waals surface area contributed by atoms with Gasteiger partial charge in [0.25, 0.3) is 0 Å². The standard InChI is InChI=1S/C11H26BrNO4P/c1-13(2,3)9-11-16-18(14)17-15-10-7-5-4-6-8-12/h18H,4-11H2,1-3H3/q+1. The van der Waals surface area contributed by atoms with E-state index in [-0.39, 0.29) is 0 Å². The number of hydrogen-bond donors (Lipinski definition) is 0. The van der Waals surface area contributed by atoms with E-state index in [1.165, 1.54) is 12.8 Å². The van der Waals surface area contributed by atoms with E-state index >= 15 is 0 Å². The maximum absolute atomic E-state index is 11.3. The molecule has 0 aliphatic carbocycles. The van der Waals surface area contributed by atoms with E-state index in [0.717, 1.165) is 29.2 Å². The van der Waals surface area contributed by atoms with Crippen LogP contribution in [0.5, 0.6) is 0 Å². The van der Waals surface area contributed by atoms with Gasteiger partial charge in [0.2, 0.25) is 0 Å². The fourth-order valence-corrected chi connectivity index (χ4v) is 2.01. The average Bonchev–Trinajstić information content (AvgIpc) is 2.26. The van der Waals surface area contributed by atoms with Crippen molar-refractivity contribution in [1.29, 1.82) is 0 Å². The lowest BCUT2D eigenvalue weighted by molar-refractivity contribution is -0.870. The summed E-state index contributed by atoms with van der Waals surface area (Å²) in [5, 5.41) is 1.04. The number of likely N-dealkylation sites (N-methyl/N-ethyl adjacent to an activating group) is 1. The summed E-state index contributed by atoms with van der Waals surface area (Å²) in [4.78, 5) is 4.85. The molecule has 0 saturated carbocycles. The van der Waals surface area contributed by atoms with Crippen LogP contribution in [0, 0.1) is 0 Å². The van der Waals surface area contributed by atoms with Gasteiger partial charge >= 0.3 is 8.25 Å². The molecule has 0 amide bonds. The average molecular weight is 347 g/mol. The molecular formula is C11H26BrNO4P+. The largest absolute Gasteiger partial charge is 0.347 e. The van der Waals surface area contributed by atoms with E-state index < -0.39 is 8.25 Å². The zero-order chi connectivity index (χ0) is 13.9. The maximum Gasteiger partial charge on any atom is 0.347 e. The predicted octanol–water partition coefficient (Wildman–Crippen LogP) is 3.00. The highest BCUT2D eigenvalue weighted by Gasteiger charge is 2.08. The topological polar surface area (TPSA) is 44.8 Å². The third-order valence-electron chi connectivity index (χ3n) is 2.22. The van der Waals surface area contributed by atoms with Crippen molar-refractivity contribution in [3.63, 3.8) is 0 Å². The van der Waals surface area contributed by atoms with Crippen LogP contribution in [0.15, 0.2) is 0 Å². The predicted molar refractivity (Wildman–Crippen MR) is 77.2 cm³/mol. The van der Waals surface area contributed by atoms with E-state index in [2.05, 4.69) is 20.6 Å². The molecule has 0 heterocycles. The molecule has 0 aromatic carbocycles. The zero-order valence-electron chi connectivity index (χ0n) is 11.6. The number of nitrogens with zero attached hydrogens (tertiary/aromatic N) is 1. The van der Waals surface area contributed by atoms with Crippen molar-refractivity contribution in [1.82, 2.24) is 0 Å². The van der Waals surface area contributed by atoms with E-state index in [1.807, 2.05) is 21.1 Å². The molecule has 0 aromatic rings. The molecule has 110 valence electrons. The Bertz CT molecular complexity index is 224.